The zero-order valence-corrected chi connectivity index (χ0v) is 18.1. The molecule has 1 N–H and O–H groups in total. The summed E-state index contributed by atoms with van der Waals surface area (Å²) in [6, 6.07) is 7.32. The van der Waals surface area contributed by atoms with Gasteiger partial charge in [-0.3, -0.25) is 14.2 Å². The summed E-state index contributed by atoms with van der Waals surface area (Å²) in [7, 11) is 1.61. The van der Waals surface area contributed by atoms with E-state index in [9.17, 15) is 9.59 Å². The van der Waals surface area contributed by atoms with Crippen molar-refractivity contribution in [3.05, 3.63) is 61.2 Å². The number of aromatic amines is 1. The molecule has 1 aromatic carbocycles. The van der Waals surface area contributed by atoms with Gasteiger partial charge < -0.3 is 9.72 Å². The fourth-order valence-electron chi connectivity index (χ4n) is 3.89. The Morgan fingerprint density at radius 2 is 2.10 bits per heavy atom. The quantitative estimate of drug-likeness (QED) is 0.366. The van der Waals surface area contributed by atoms with Gasteiger partial charge in [-0.15, -0.1) is 11.3 Å². The number of nitrogens with one attached hydrogen (secondary N) is 1. The van der Waals surface area contributed by atoms with Crippen LogP contribution in [0.5, 0.6) is 0 Å². The maximum absolute atomic E-state index is 13.0. The van der Waals surface area contributed by atoms with Crippen molar-refractivity contribution in [3.8, 4) is 0 Å². The number of rotatable bonds is 6. The number of fused-ring (bicyclic) bond motifs is 4. The van der Waals surface area contributed by atoms with Crippen LogP contribution in [0.25, 0.3) is 21.1 Å². The molecule has 0 bridgehead atoms. The average molecular weight is 441 g/mol. The van der Waals surface area contributed by atoms with E-state index in [-0.39, 0.29) is 11.1 Å². The van der Waals surface area contributed by atoms with Crippen molar-refractivity contribution in [2.24, 2.45) is 0 Å². The topological polar surface area (TPSA) is 89.9 Å². The number of hydrogen-bond donors (Lipinski definition) is 1. The summed E-state index contributed by atoms with van der Waals surface area (Å²) in [5.41, 5.74) is 1.67. The van der Waals surface area contributed by atoms with Crippen LogP contribution < -0.4 is 11.1 Å². The van der Waals surface area contributed by atoms with Crippen LogP contribution >= 0.6 is 23.1 Å². The van der Waals surface area contributed by atoms with Crippen LogP contribution in [-0.4, -0.2) is 33.2 Å². The number of hydrogen-bond acceptors (Lipinski definition) is 7. The zero-order chi connectivity index (χ0) is 20.7. The molecule has 9 heteroatoms. The third kappa shape index (κ3) is 3.36. The standard InChI is InChI=1S/C21H20N4O3S2/c1-28-10-9-25-20(27)12-5-2-3-7-14(12)22-21(25)29-11-16-23-18(26)17-13-6-4-8-15(13)30-19(17)24-16/h2-3,5,7H,4,6,8-11H2,1H3,(H,23,24,26). The first-order valence-corrected chi connectivity index (χ1v) is 11.6. The highest BCUT2D eigenvalue weighted by Crippen LogP contribution is 2.34. The van der Waals surface area contributed by atoms with Crippen LogP contribution in [0.15, 0.2) is 39.0 Å². The number of para-hydroxylation sites is 1. The normalized spacial score (nSPS) is 13.4. The predicted octanol–water partition coefficient (Wildman–Crippen LogP) is 3.12. The average Bonchev–Trinajstić information content (AvgIpc) is 3.32. The van der Waals surface area contributed by atoms with Crippen LogP contribution in [0.1, 0.15) is 22.7 Å². The molecule has 154 valence electrons. The molecule has 0 saturated heterocycles. The molecule has 0 unspecified atom stereocenters. The van der Waals surface area contributed by atoms with E-state index < -0.39 is 0 Å². The first kappa shape index (κ1) is 19.5. The van der Waals surface area contributed by atoms with Crippen molar-refractivity contribution in [1.29, 1.82) is 0 Å². The van der Waals surface area contributed by atoms with Gasteiger partial charge in [0.25, 0.3) is 11.1 Å². The summed E-state index contributed by atoms with van der Waals surface area (Å²) < 4.78 is 6.80. The van der Waals surface area contributed by atoms with E-state index in [0.29, 0.717) is 40.8 Å². The molecular formula is C21H20N4O3S2. The first-order chi connectivity index (χ1) is 14.7. The summed E-state index contributed by atoms with van der Waals surface area (Å²) in [5.74, 6) is 1.02. The van der Waals surface area contributed by atoms with Crippen molar-refractivity contribution < 1.29 is 4.74 Å². The van der Waals surface area contributed by atoms with E-state index in [1.807, 2.05) is 18.2 Å². The molecule has 3 aromatic heterocycles. The van der Waals surface area contributed by atoms with Crippen LogP contribution in [-0.2, 0) is 29.9 Å². The van der Waals surface area contributed by atoms with E-state index in [0.717, 1.165) is 29.5 Å². The second kappa shape index (κ2) is 7.98. The van der Waals surface area contributed by atoms with E-state index >= 15 is 0 Å². The molecule has 0 saturated carbocycles. The molecule has 0 fully saturated rings. The van der Waals surface area contributed by atoms with Gasteiger partial charge in [0.2, 0.25) is 0 Å². The minimum absolute atomic E-state index is 0.0711. The molecule has 7 nitrogen and oxygen atoms in total. The number of nitrogens with zero attached hydrogens (tertiary/aromatic N) is 3. The third-order valence-corrected chi connectivity index (χ3v) is 7.48. The summed E-state index contributed by atoms with van der Waals surface area (Å²) >= 11 is 3.02. The SMILES string of the molecule is COCCn1c(SCc2nc3sc4c(c3c(=O)[nH]2)CCC4)nc2ccccc2c1=O. The Morgan fingerprint density at radius 1 is 1.23 bits per heavy atom. The molecule has 1 aliphatic rings. The molecule has 4 aromatic rings. The maximum atomic E-state index is 13.0. The minimum Gasteiger partial charge on any atom is -0.383 e. The number of benzene rings is 1. The summed E-state index contributed by atoms with van der Waals surface area (Å²) in [6.07, 6.45) is 3.11. The molecule has 3 heterocycles. The summed E-state index contributed by atoms with van der Waals surface area (Å²) in [6.45, 7) is 0.825. The fraction of sp³-hybridized carbons (Fsp3) is 0.333. The van der Waals surface area contributed by atoms with Crippen molar-refractivity contribution in [3.63, 3.8) is 0 Å². The Hall–Kier alpha value is -2.49. The lowest BCUT2D eigenvalue weighted by molar-refractivity contribution is 0.183. The molecule has 0 radical (unpaired) electrons. The summed E-state index contributed by atoms with van der Waals surface area (Å²) in [5, 5.41) is 1.92. The monoisotopic (exact) mass is 440 g/mol. The Kier molecular flexibility index (Phi) is 5.18. The molecule has 0 aliphatic heterocycles. The zero-order valence-electron chi connectivity index (χ0n) is 16.4. The van der Waals surface area contributed by atoms with Gasteiger partial charge in [0, 0.05) is 12.0 Å². The lowest BCUT2D eigenvalue weighted by Gasteiger charge is -2.12. The van der Waals surface area contributed by atoms with Gasteiger partial charge in [-0.05, 0) is 37.0 Å². The largest absolute Gasteiger partial charge is 0.383 e. The number of ether oxygens (including phenoxy) is 1. The second-order valence-corrected chi connectivity index (χ2v) is 9.23. The van der Waals surface area contributed by atoms with Gasteiger partial charge in [-0.25, -0.2) is 9.97 Å². The van der Waals surface area contributed by atoms with Gasteiger partial charge in [0.15, 0.2) is 5.16 Å². The Bertz CT molecular complexity index is 1370. The van der Waals surface area contributed by atoms with Crippen molar-refractivity contribution in [1.82, 2.24) is 19.5 Å². The Labute approximate surface area is 180 Å². The molecule has 0 amide bonds. The van der Waals surface area contributed by atoms with Crippen LogP contribution in [0.4, 0.5) is 0 Å². The fourth-order valence-corrected chi connectivity index (χ4v) is 6.06. The number of aryl methyl sites for hydroxylation is 2. The maximum Gasteiger partial charge on any atom is 0.262 e. The highest BCUT2D eigenvalue weighted by molar-refractivity contribution is 7.98. The molecule has 0 spiro atoms. The lowest BCUT2D eigenvalue weighted by atomic mass is 10.2. The van der Waals surface area contributed by atoms with Gasteiger partial charge >= 0.3 is 0 Å². The van der Waals surface area contributed by atoms with Gasteiger partial charge in [0.1, 0.15) is 10.7 Å². The highest BCUT2D eigenvalue weighted by atomic mass is 32.2. The molecule has 1 aliphatic carbocycles. The van der Waals surface area contributed by atoms with Crippen LogP contribution in [0, 0.1) is 0 Å². The van der Waals surface area contributed by atoms with Crippen molar-refractivity contribution >= 4 is 44.2 Å². The van der Waals surface area contributed by atoms with E-state index in [1.165, 1.54) is 22.2 Å². The smallest absolute Gasteiger partial charge is 0.262 e. The third-order valence-electron chi connectivity index (χ3n) is 5.31. The van der Waals surface area contributed by atoms with Gasteiger partial charge in [-0.2, -0.15) is 0 Å². The number of H-pyrrole nitrogens is 1. The van der Waals surface area contributed by atoms with Gasteiger partial charge in [0.05, 0.1) is 35.2 Å². The lowest BCUT2D eigenvalue weighted by Crippen LogP contribution is -2.25. The Morgan fingerprint density at radius 3 is 2.97 bits per heavy atom. The first-order valence-electron chi connectivity index (χ1n) is 9.80. The summed E-state index contributed by atoms with van der Waals surface area (Å²) in [4.78, 5) is 40.0. The van der Waals surface area contributed by atoms with Crippen molar-refractivity contribution in [2.75, 3.05) is 13.7 Å². The van der Waals surface area contributed by atoms with Crippen molar-refractivity contribution in [2.45, 2.75) is 36.7 Å². The molecule has 30 heavy (non-hydrogen) atoms. The van der Waals surface area contributed by atoms with Gasteiger partial charge in [-0.1, -0.05) is 23.9 Å². The molecular weight excluding hydrogens is 420 g/mol. The van der Waals surface area contributed by atoms with Crippen LogP contribution in [0.3, 0.4) is 0 Å². The molecule has 5 rings (SSSR count). The molecule has 0 atom stereocenters. The second-order valence-electron chi connectivity index (χ2n) is 7.20. The number of methoxy groups -OCH3 is 1. The number of thiophene rings is 1. The Balaban J connectivity index is 1.50. The number of thioether (sulfide) groups is 1. The predicted molar refractivity (Wildman–Crippen MR) is 120 cm³/mol. The minimum atomic E-state index is -0.0910. The van der Waals surface area contributed by atoms with E-state index in [2.05, 4.69) is 9.97 Å². The van der Waals surface area contributed by atoms with E-state index in [4.69, 9.17) is 9.72 Å². The number of aromatic nitrogens is 4. The van der Waals surface area contributed by atoms with E-state index in [1.54, 1.807) is 29.1 Å². The van der Waals surface area contributed by atoms with Crippen LogP contribution in [0.2, 0.25) is 0 Å². The highest BCUT2D eigenvalue weighted by Gasteiger charge is 2.21.